The van der Waals surface area contributed by atoms with E-state index < -0.39 is 0 Å². The first kappa shape index (κ1) is 14.8. The molecule has 0 spiro atoms. The van der Waals surface area contributed by atoms with Gasteiger partial charge in [-0.1, -0.05) is 12.1 Å². The molecule has 2 rings (SSSR count). The van der Waals surface area contributed by atoms with Crippen LogP contribution < -0.4 is 0 Å². The molecule has 1 aromatic heterocycles. The van der Waals surface area contributed by atoms with Crippen LogP contribution in [0.25, 0.3) is 0 Å². The van der Waals surface area contributed by atoms with Crippen LogP contribution in [0.15, 0.2) is 48.3 Å². The minimum Gasteiger partial charge on any atom is -0.377 e. The first-order chi connectivity index (χ1) is 9.70. The van der Waals surface area contributed by atoms with Crippen molar-refractivity contribution in [1.82, 2.24) is 14.8 Å². The van der Waals surface area contributed by atoms with Crippen molar-refractivity contribution < 1.29 is 0 Å². The summed E-state index contributed by atoms with van der Waals surface area (Å²) >= 11 is 0. The van der Waals surface area contributed by atoms with E-state index in [0.717, 1.165) is 44.6 Å². The van der Waals surface area contributed by atoms with Gasteiger partial charge in [0.2, 0.25) is 0 Å². The summed E-state index contributed by atoms with van der Waals surface area (Å²) in [5, 5.41) is 0. The van der Waals surface area contributed by atoms with Crippen molar-refractivity contribution in [2.75, 3.05) is 33.7 Å². The lowest BCUT2D eigenvalue weighted by Gasteiger charge is -2.33. The predicted molar refractivity (Wildman–Crippen MR) is 84.5 cm³/mol. The predicted octanol–water partition coefficient (Wildman–Crippen LogP) is 2.72. The van der Waals surface area contributed by atoms with Crippen LogP contribution in [0.3, 0.4) is 0 Å². The molecule has 0 bridgehead atoms. The van der Waals surface area contributed by atoms with Gasteiger partial charge >= 0.3 is 0 Å². The standard InChI is InChI=1S/C17H25N3/c1-4-7-15-14-19(2)12-10-17(15)20(3)13-9-16-8-5-6-11-18-16/h4-6,8,11H,1,7,9-10,12-14H2,2-3H3. The Labute approximate surface area is 122 Å². The fraction of sp³-hybridized carbons (Fsp3) is 0.471. The Balaban J connectivity index is 2.00. The Morgan fingerprint density at radius 3 is 3.00 bits per heavy atom. The van der Waals surface area contributed by atoms with E-state index in [9.17, 15) is 0 Å². The van der Waals surface area contributed by atoms with Gasteiger partial charge in [0.05, 0.1) is 0 Å². The van der Waals surface area contributed by atoms with E-state index in [1.165, 1.54) is 11.3 Å². The largest absolute Gasteiger partial charge is 0.377 e. The number of hydrogen-bond acceptors (Lipinski definition) is 3. The van der Waals surface area contributed by atoms with E-state index in [1.807, 2.05) is 18.3 Å². The van der Waals surface area contributed by atoms with Crippen LogP contribution in [-0.2, 0) is 6.42 Å². The maximum Gasteiger partial charge on any atom is 0.0421 e. The van der Waals surface area contributed by atoms with E-state index in [0.29, 0.717) is 0 Å². The van der Waals surface area contributed by atoms with E-state index in [4.69, 9.17) is 0 Å². The normalized spacial score (nSPS) is 16.3. The Hall–Kier alpha value is -1.61. The highest BCUT2D eigenvalue weighted by Crippen LogP contribution is 2.22. The number of hydrogen-bond donors (Lipinski definition) is 0. The highest BCUT2D eigenvalue weighted by molar-refractivity contribution is 5.20. The first-order valence-corrected chi connectivity index (χ1v) is 7.32. The Kier molecular flexibility index (Phi) is 5.36. The molecule has 2 heterocycles. The summed E-state index contributed by atoms with van der Waals surface area (Å²) in [4.78, 5) is 9.18. The maximum atomic E-state index is 4.40. The summed E-state index contributed by atoms with van der Waals surface area (Å²) in [6.07, 6.45) is 7.01. The lowest BCUT2D eigenvalue weighted by atomic mass is 10.0. The second kappa shape index (κ2) is 7.25. The van der Waals surface area contributed by atoms with Crippen LogP contribution >= 0.6 is 0 Å². The van der Waals surface area contributed by atoms with Crippen molar-refractivity contribution in [2.45, 2.75) is 19.3 Å². The maximum absolute atomic E-state index is 4.40. The third-order valence-corrected chi connectivity index (χ3v) is 3.88. The highest BCUT2D eigenvalue weighted by atomic mass is 15.2. The molecule has 0 aromatic carbocycles. The molecular formula is C17H25N3. The zero-order valence-electron chi connectivity index (χ0n) is 12.7. The van der Waals surface area contributed by atoms with Gasteiger partial charge in [-0.05, 0) is 31.2 Å². The van der Waals surface area contributed by atoms with Crippen molar-refractivity contribution >= 4 is 0 Å². The summed E-state index contributed by atoms with van der Waals surface area (Å²) in [5.74, 6) is 0. The van der Waals surface area contributed by atoms with Gasteiger partial charge in [-0.15, -0.1) is 6.58 Å². The van der Waals surface area contributed by atoms with Crippen molar-refractivity contribution in [1.29, 1.82) is 0 Å². The van der Waals surface area contributed by atoms with Crippen LogP contribution in [0.5, 0.6) is 0 Å². The average Bonchev–Trinajstić information content (AvgIpc) is 2.46. The number of likely N-dealkylation sites (N-methyl/N-ethyl adjacent to an activating group) is 2. The van der Waals surface area contributed by atoms with Crippen LogP contribution in [0.1, 0.15) is 18.5 Å². The molecule has 3 nitrogen and oxygen atoms in total. The van der Waals surface area contributed by atoms with E-state index >= 15 is 0 Å². The van der Waals surface area contributed by atoms with Gasteiger partial charge in [-0.2, -0.15) is 0 Å². The number of pyridine rings is 1. The number of allylic oxidation sites excluding steroid dienone is 1. The fourth-order valence-electron chi connectivity index (χ4n) is 2.75. The SMILES string of the molecule is C=CCC1=C(N(C)CCc2ccccn2)CCN(C)C1. The molecule has 0 aliphatic carbocycles. The molecule has 3 heteroatoms. The summed E-state index contributed by atoms with van der Waals surface area (Å²) in [6, 6.07) is 6.12. The summed E-state index contributed by atoms with van der Waals surface area (Å²) < 4.78 is 0. The van der Waals surface area contributed by atoms with Gasteiger partial charge in [-0.25, -0.2) is 0 Å². The lowest BCUT2D eigenvalue weighted by molar-refractivity contribution is 0.298. The van der Waals surface area contributed by atoms with Crippen molar-refractivity contribution in [3.63, 3.8) is 0 Å². The molecular weight excluding hydrogens is 246 g/mol. The summed E-state index contributed by atoms with van der Waals surface area (Å²) in [6.45, 7) is 7.12. The minimum absolute atomic E-state index is 0.994. The van der Waals surface area contributed by atoms with Crippen LogP contribution in [0.2, 0.25) is 0 Å². The fourth-order valence-corrected chi connectivity index (χ4v) is 2.75. The van der Waals surface area contributed by atoms with E-state index in [2.05, 4.69) is 47.6 Å². The molecule has 0 N–H and O–H groups in total. The molecule has 0 radical (unpaired) electrons. The van der Waals surface area contributed by atoms with E-state index in [-0.39, 0.29) is 0 Å². The van der Waals surface area contributed by atoms with Crippen molar-refractivity contribution in [3.8, 4) is 0 Å². The molecule has 0 amide bonds. The third-order valence-electron chi connectivity index (χ3n) is 3.88. The molecule has 1 aromatic rings. The van der Waals surface area contributed by atoms with Crippen molar-refractivity contribution in [2.24, 2.45) is 0 Å². The summed E-state index contributed by atoms with van der Waals surface area (Å²) in [7, 11) is 4.39. The van der Waals surface area contributed by atoms with Gasteiger partial charge in [0, 0.05) is 57.1 Å². The first-order valence-electron chi connectivity index (χ1n) is 7.32. The molecule has 20 heavy (non-hydrogen) atoms. The van der Waals surface area contributed by atoms with Gasteiger partial charge in [-0.3, -0.25) is 4.98 Å². The molecule has 0 atom stereocenters. The van der Waals surface area contributed by atoms with Crippen molar-refractivity contribution in [3.05, 3.63) is 54.0 Å². The zero-order valence-corrected chi connectivity index (χ0v) is 12.7. The zero-order chi connectivity index (χ0) is 14.4. The number of nitrogens with zero attached hydrogens (tertiary/aromatic N) is 3. The molecule has 0 fully saturated rings. The van der Waals surface area contributed by atoms with Gasteiger partial charge in [0.1, 0.15) is 0 Å². The smallest absolute Gasteiger partial charge is 0.0421 e. The number of rotatable bonds is 6. The highest BCUT2D eigenvalue weighted by Gasteiger charge is 2.18. The van der Waals surface area contributed by atoms with Gasteiger partial charge in [0.25, 0.3) is 0 Å². The van der Waals surface area contributed by atoms with E-state index in [1.54, 1.807) is 0 Å². The third kappa shape index (κ3) is 3.94. The van der Waals surface area contributed by atoms with Crippen LogP contribution in [0.4, 0.5) is 0 Å². The minimum atomic E-state index is 0.994. The second-order valence-electron chi connectivity index (χ2n) is 5.52. The molecule has 0 unspecified atom stereocenters. The molecule has 0 saturated heterocycles. The Morgan fingerprint density at radius 1 is 1.45 bits per heavy atom. The van der Waals surface area contributed by atoms with Gasteiger partial charge < -0.3 is 9.80 Å². The number of aromatic nitrogens is 1. The molecule has 1 aliphatic rings. The summed E-state index contributed by atoms with van der Waals surface area (Å²) in [5.41, 5.74) is 4.18. The molecule has 0 saturated carbocycles. The molecule has 108 valence electrons. The lowest BCUT2D eigenvalue weighted by Crippen LogP contribution is -2.34. The topological polar surface area (TPSA) is 19.4 Å². The Bertz CT molecular complexity index is 464. The van der Waals surface area contributed by atoms with Gasteiger partial charge in [0.15, 0.2) is 0 Å². The average molecular weight is 271 g/mol. The quantitative estimate of drug-likeness (QED) is 0.742. The van der Waals surface area contributed by atoms with Crippen LogP contribution in [0, 0.1) is 0 Å². The molecule has 1 aliphatic heterocycles. The van der Waals surface area contributed by atoms with Crippen LogP contribution in [-0.4, -0.2) is 48.5 Å². The monoisotopic (exact) mass is 271 g/mol. The second-order valence-corrected chi connectivity index (χ2v) is 5.52. The Morgan fingerprint density at radius 2 is 2.30 bits per heavy atom.